The molecule has 0 unspecified atom stereocenters. The van der Waals surface area contributed by atoms with Gasteiger partial charge < -0.3 is 4.98 Å². The normalized spacial score (nSPS) is 11.7. The first kappa shape index (κ1) is 9.76. The van der Waals surface area contributed by atoms with E-state index in [0.717, 1.165) is 6.07 Å². The molecule has 2 rings (SSSR count). The standard InChI is InChI=1S/C10H7F3N2/c11-10(12,13)9-5-1-3-8(15-9)7-4-2-6-14-7/h1-6,14H. The van der Waals surface area contributed by atoms with Crippen LogP contribution in [0.5, 0.6) is 0 Å². The van der Waals surface area contributed by atoms with Gasteiger partial charge in [-0.1, -0.05) is 6.07 Å². The molecule has 2 heterocycles. The molecule has 2 aromatic rings. The Morgan fingerprint density at radius 1 is 1.07 bits per heavy atom. The van der Waals surface area contributed by atoms with E-state index in [1.807, 2.05) is 0 Å². The van der Waals surface area contributed by atoms with Gasteiger partial charge >= 0.3 is 6.18 Å². The van der Waals surface area contributed by atoms with Gasteiger partial charge in [-0.05, 0) is 24.3 Å². The largest absolute Gasteiger partial charge is 0.433 e. The number of aromatic amines is 1. The Morgan fingerprint density at radius 2 is 1.87 bits per heavy atom. The van der Waals surface area contributed by atoms with Gasteiger partial charge in [0.1, 0.15) is 5.69 Å². The van der Waals surface area contributed by atoms with E-state index in [4.69, 9.17) is 0 Å². The minimum absolute atomic E-state index is 0.287. The molecule has 0 amide bonds. The van der Waals surface area contributed by atoms with E-state index in [-0.39, 0.29) is 5.69 Å². The maximum Gasteiger partial charge on any atom is 0.433 e. The van der Waals surface area contributed by atoms with E-state index >= 15 is 0 Å². The van der Waals surface area contributed by atoms with Crippen LogP contribution < -0.4 is 0 Å². The lowest BCUT2D eigenvalue weighted by molar-refractivity contribution is -0.141. The maximum absolute atomic E-state index is 12.3. The van der Waals surface area contributed by atoms with Gasteiger partial charge in [0.05, 0.1) is 11.4 Å². The Kier molecular flexibility index (Phi) is 2.22. The van der Waals surface area contributed by atoms with Crippen molar-refractivity contribution in [3.8, 4) is 11.4 Å². The van der Waals surface area contributed by atoms with Gasteiger partial charge in [0.15, 0.2) is 0 Å². The van der Waals surface area contributed by atoms with Crippen LogP contribution in [0.2, 0.25) is 0 Å². The summed E-state index contributed by atoms with van der Waals surface area (Å²) in [5.41, 5.74) is -0.0227. The summed E-state index contributed by atoms with van der Waals surface area (Å²) in [5, 5.41) is 0. The Labute approximate surface area is 83.8 Å². The third-order valence-electron chi connectivity index (χ3n) is 1.91. The summed E-state index contributed by atoms with van der Waals surface area (Å²) in [6.45, 7) is 0. The second-order valence-electron chi connectivity index (χ2n) is 2.99. The average molecular weight is 212 g/mol. The third kappa shape index (κ3) is 2.01. The number of H-pyrrole nitrogens is 1. The first-order chi connectivity index (χ1) is 7.07. The second-order valence-corrected chi connectivity index (χ2v) is 2.99. The topological polar surface area (TPSA) is 28.7 Å². The molecule has 15 heavy (non-hydrogen) atoms. The Morgan fingerprint density at radius 3 is 2.47 bits per heavy atom. The number of alkyl halides is 3. The fraction of sp³-hybridized carbons (Fsp3) is 0.100. The molecular formula is C10H7F3N2. The second kappa shape index (κ2) is 3.42. The predicted molar refractivity (Wildman–Crippen MR) is 49.0 cm³/mol. The van der Waals surface area contributed by atoms with Crippen molar-refractivity contribution in [2.75, 3.05) is 0 Å². The number of hydrogen-bond acceptors (Lipinski definition) is 1. The van der Waals surface area contributed by atoms with Crippen molar-refractivity contribution in [1.29, 1.82) is 0 Å². The highest BCUT2D eigenvalue weighted by molar-refractivity contribution is 5.54. The molecule has 0 atom stereocenters. The number of aromatic nitrogens is 2. The summed E-state index contributed by atoms with van der Waals surface area (Å²) in [6.07, 6.45) is -2.76. The summed E-state index contributed by atoms with van der Waals surface area (Å²) in [6, 6.07) is 7.19. The van der Waals surface area contributed by atoms with Crippen LogP contribution in [0.3, 0.4) is 0 Å². The van der Waals surface area contributed by atoms with Gasteiger partial charge in [0.2, 0.25) is 0 Å². The summed E-state index contributed by atoms with van der Waals surface area (Å²) in [7, 11) is 0. The van der Waals surface area contributed by atoms with Crippen LogP contribution in [0.4, 0.5) is 13.2 Å². The van der Waals surface area contributed by atoms with E-state index in [2.05, 4.69) is 9.97 Å². The molecule has 5 heteroatoms. The Hall–Kier alpha value is -1.78. The SMILES string of the molecule is FC(F)(F)c1cccc(-c2ccc[nH]2)n1. The minimum atomic E-state index is -4.40. The highest BCUT2D eigenvalue weighted by Gasteiger charge is 2.32. The smallest absolute Gasteiger partial charge is 0.360 e. The number of halogens is 3. The molecule has 0 radical (unpaired) electrons. The van der Waals surface area contributed by atoms with Gasteiger partial charge in [-0.15, -0.1) is 0 Å². The molecule has 1 N–H and O–H groups in total. The van der Waals surface area contributed by atoms with Crippen LogP contribution in [0, 0.1) is 0 Å². The number of nitrogens with one attached hydrogen (secondary N) is 1. The van der Waals surface area contributed by atoms with Crippen LogP contribution in [0.1, 0.15) is 5.69 Å². The van der Waals surface area contributed by atoms with Crippen molar-refractivity contribution in [2.45, 2.75) is 6.18 Å². The predicted octanol–water partition coefficient (Wildman–Crippen LogP) is 3.10. The minimum Gasteiger partial charge on any atom is -0.360 e. The molecular weight excluding hydrogens is 205 g/mol. The lowest BCUT2D eigenvalue weighted by atomic mass is 10.2. The molecule has 0 aliphatic heterocycles. The summed E-state index contributed by atoms with van der Waals surface area (Å²) in [5.74, 6) is 0. The zero-order chi connectivity index (χ0) is 10.9. The van der Waals surface area contributed by atoms with Crippen molar-refractivity contribution < 1.29 is 13.2 Å². The fourth-order valence-electron chi connectivity index (χ4n) is 1.23. The van der Waals surface area contributed by atoms with Crippen molar-refractivity contribution in [2.24, 2.45) is 0 Å². The monoisotopic (exact) mass is 212 g/mol. The summed E-state index contributed by atoms with van der Waals surface area (Å²) >= 11 is 0. The van der Waals surface area contributed by atoms with Crippen molar-refractivity contribution >= 4 is 0 Å². The maximum atomic E-state index is 12.3. The lowest BCUT2D eigenvalue weighted by Crippen LogP contribution is -2.07. The molecule has 0 aliphatic rings. The molecule has 0 fully saturated rings. The van der Waals surface area contributed by atoms with Gasteiger partial charge in [0.25, 0.3) is 0 Å². The van der Waals surface area contributed by atoms with Crippen LogP contribution in [-0.2, 0) is 6.18 Å². The first-order valence-corrected chi connectivity index (χ1v) is 4.25. The highest BCUT2D eigenvalue weighted by Crippen LogP contribution is 2.28. The van der Waals surface area contributed by atoms with E-state index in [0.29, 0.717) is 5.69 Å². The molecule has 0 aliphatic carbocycles. The number of hydrogen-bond donors (Lipinski definition) is 1. The number of rotatable bonds is 1. The van der Waals surface area contributed by atoms with Crippen LogP contribution in [0.25, 0.3) is 11.4 Å². The van der Waals surface area contributed by atoms with Gasteiger partial charge in [-0.2, -0.15) is 13.2 Å². The third-order valence-corrected chi connectivity index (χ3v) is 1.91. The first-order valence-electron chi connectivity index (χ1n) is 4.25. The van der Waals surface area contributed by atoms with E-state index in [1.54, 1.807) is 18.3 Å². The number of pyridine rings is 1. The molecule has 0 saturated carbocycles. The van der Waals surface area contributed by atoms with E-state index in [1.165, 1.54) is 12.1 Å². The number of nitrogens with zero attached hydrogens (tertiary/aromatic N) is 1. The molecule has 0 spiro atoms. The fourth-order valence-corrected chi connectivity index (χ4v) is 1.23. The van der Waals surface area contributed by atoms with Crippen LogP contribution in [-0.4, -0.2) is 9.97 Å². The molecule has 0 aromatic carbocycles. The van der Waals surface area contributed by atoms with E-state index < -0.39 is 11.9 Å². The highest BCUT2D eigenvalue weighted by atomic mass is 19.4. The van der Waals surface area contributed by atoms with Gasteiger partial charge in [-0.25, -0.2) is 4.98 Å². The summed E-state index contributed by atoms with van der Waals surface area (Å²) < 4.78 is 37.0. The van der Waals surface area contributed by atoms with Crippen molar-refractivity contribution in [3.05, 3.63) is 42.2 Å². The Bertz CT molecular complexity index is 446. The zero-order valence-corrected chi connectivity index (χ0v) is 7.55. The lowest BCUT2D eigenvalue weighted by Gasteiger charge is -2.06. The van der Waals surface area contributed by atoms with Crippen LogP contribution in [0.15, 0.2) is 36.5 Å². The average Bonchev–Trinajstić information content (AvgIpc) is 2.69. The molecule has 2 nitrogen and oxygen atoms in total. The summed E-state index contributed by atoms with van der Waals surface area (Å²) in [4.78, 5) is 6.33. The van der Waals surface area contributed by atoms with Crippen molar-refractivity contribution in [1.82, 2.24) is 9.97 Å². The molecule has 78 valence electrons. The van der Waals surface area contributed by atoms with Gasteiger partial charge in [0, 0.05) is 6.20 Å². The van der Waals surface area contributed by atoms with Crippen molar-refractivity contribution in [3.63, 3.8) is 0 Å². The van der Waals surface area contributed by atoms with Gasteiger partial charge in [-0.3, -0.25) is 0 Å². The zero-order valence-electron chi connectivity index (χ0n) is 7.55. The quantitative estimate of drug-likeness (QED) is 0.773. The molecule has 2 aromatic heterocycles. The van der Waals surface area contributed by atoms with E-state index in [9.17, 15) is 13.2 Å². The Balaban J connectivity index is 2.44. The molecule has 0 bridgehead atoms. The molecule has 0 saturated heterocycles. The van der Waals surface area contributed by atoms with Crippen LogP contribution >= 0.6 is 0 Å².